The van der Waals surface area contributed by atoms with E-state index in [2.05, 4.69) is 24.8 Å². The van der Waals surface area contributed by atoms with Crippen molar-refractivity contribution in [1.82, 2.24) is 4.90 Å². The number of hydrogen-bond acceptors (Lipinski definition) is 2. The van der Waals surface area contributed by atoms with E-state index in [0.29, 0.717) is 11.8 Å². The average Bonchev–Trinajstić information content (AvgIpc) is 2.38. The van der Waals surface area contributed by atoms with Crippen molar-refractivity contribution in [3.63, 3.8) is 0 Å². The molecule has 1 atom stereocenters. The highest BCUT2D eigenvalue weighted by Gasteiger charge is 2.24. The minimum absolute atomic E-state index is 0.489. The summed E-state index contributed by atoms with van der Waals surface area (Å²) < 4.78 is 0. The van der Waals surface area contributed by atoms with Gasteiger partial charge in [0.15, 0.2) is 0 Å². The van der Waals surface area contributed by atoms with Crippen molar-refractivity contribution in [3.05, 3.63) is 29.3 Å². The zero-order valence-electron chi connectivity index (χ0n) is 11.7. The second-order valence-electron chi connectivity index (χ2n) is 5.35. The third-order valence-corrected chi connectivity index (χ3v) is 3.97. The monoisotopic (exact) mass is 246 g/mol. The SMILES string of the molecule is CCCN([11CH2]CC)C1CCc2c(O)cccc2C1. The molecule has 2 nitrogen and oxygen atoms in total. The van der Waals surface area contributed by atoms with Crippen LogP contribution in [0.1, 0.15) is 44.2 Å². The minimum Gasteiger partial charge on any atom is -0.508 e. The lowest BCUT2D eigenvalue weighted by Crippen LogP contribution is -2.40. The summed E-state index contributed by atoms with van der Waals surface area (Å²) in [5, 5.41) is 9.87. The summed E-state index contributed by atoms with van der Waals surface area (Å²) in [6, 6.07) is 6.63. The minimum atomic E-state index is 0.489. The van der Waals surface area contributed by atoms with Gasteiger partial charge in [0, 0.05) is 6.04 Å². The zero-order valence-corrected chi connectivity index (χ0v) is 11.7. The lowest BCUT2D eigenvalue weighted by atomic mass is 9.83. The molecule has 0 fully saturated rings. The van der Waals surface area contributed by atoms with Crippen LogP contribution in [0, 0.1) is 0 Å². The molecule has 1 aromatic rings. The fourth-order valence-corrected chi connectivity index (χ4v) is 3.13. The summed E-state index contributed by atoms with van der Waals surface area (Å²) in [6.07, 6.45) is 5.76. The average molecular weight is 246 g/mol. The molecule has 1 aromatic carbocycles. The van der Waals surface area contributed by atoms with Gasteiger partial charge in [0.05, 0.1) is 0 Å². The van der Waals surface area contributed by atoms with Crippen LogP contribution in [0.25, 0.3) is 0 Å². The maximum absolute atomic E-state index is 9.87. The second-order valence-corrected chi connectivity index (χ2v) is 5.35. The molecule has 0 bridgehead atoms. The van der Waals surface area contributed by atoms with E-state index in [1.165, 1.54) is 43.5 Å². The van der Waals surface area contributed by atoms with E-state index in [1.54, 1.807) is 0 Å². The molecule has 2 rings (SSSR count). The molecule has 0 saturated carbocycles. The van der Waals surface area contributed by atoms with Crippen molar-refractivity contribution >= 4 is 0 Å². The van der Waals surface area contributed by atoms with Crippen molar-refractivity contribution in [2.75, 3.05) is 13.1 Å². The van der Waals surface area contributed by atoms with Gasteiger partial charge in [-0.1, -0.05) is 26.0 Å². The fraction of sp³-hybridized carbons (Fsp3) is 0.625. The van der Waals surface area contributed by atoms with E-state index >= 15 is 0 Å². The smallest absolute Gasteiger partial charge is 0.119 e. The standard InChI is InChI=1S/C16H25NO/c1-3-10-17(11-4-2)14-8-9-15-13(12-14)6-5-7-16(15)18/h5-7,14,18H,3-4,8-12H2,1-2H3/i10-1. The second kappa shape index (κ2) is 6.24. The number of nitrogens with zero attached hydrogens (tertiary/aromatic N) is 1. The Morgan fingerprint density at radius 1 is 1.22 bits per heavy atom. The molecule has 0 amide bonds. The topological polar surface area (TPSA) is 23.5 Å². The van der Waals surface area contributed by atoms with Crippen LogP contribution in [0.15, 0.2) is 18.2 Å². The predicted octanol–water partition coefficient (Wildman–Crippen LogP) is 3.37. The van der Waals surface area contributed by atoms with Crippen molar-refractivity contribution in [2.45, 2.75) is 52.0 Å². The normalized spacial score (nSPS) is 18.9. The first-order valence-corrected chi connectivity index (χ1v) is 7.30. The number of phenolic OH excluding ortho intramolecular Hbond substituents is 1. The van der Waals surface area contributed by atoms with Gasteiger partial charge in [0.25, 0.3) is 0 Å². The van der Waals surface area contributed by atoms with Gasteiger partial charge in [-0.3, -0.25) is 0 Å². The Morgan fingerprint density at radius 3 is 2.61 bits per heavy atom. The highest BCUT2D eigenvalue weighted by molar-refractivity contribution is 5.41. The summed E-state index contributed by atoms with van der Waals surface area (Å²) >= 11 is 0. The highest BCUT2D eigenvalue weighted by atomic mass is 16.3. The van der Waals surface area contributed by atoms with E-state index in [4.69, 9.17) is 0 Å². The van der Waals surface area contributed by atoms with Crippen LogP contribution in [0.2, 0.25) is 0 Å². The van der Waals surface area contributed by atoms with E-state index in [9.17, 15) is 5.11 Å². The van der Waals surface area contributed by atoms with Crippen molar-refractivity contribution in [2.24, 2.45) is 0 Å². The molecule has 0 spiro atoms. The van der Waals surface area contributed by atoms with Crippen LogP contribution in [-0.4, -0.2) is 29.1 Å². The van der Waals surface area contributed by atoms with Crippen molar-refractivity contribution < 1.29 is 5.11 Å². The summed E-state index contributed by atoms with van der Waals surface area (Å²) in [7, 11) is 0. The molecule has 1 N–H and O–H groups in total. The van der Waals surface area contributed by atoms with E-state index < -0.39 is 0 Å². The number of hydrogen-bond donors (Lipinski definition) is 1. The molecule has 0 heterocycles. The Labute approximate surface area is 111 Å². The summed E-state index contributed by atoms with van der Waals surface area (Å²) in [4.78, 5) is 2.63. The number of fused-ring (bicyclic) bond motifs is 1. The number of rotatable bonds is 5. The number of aromatic hydroxyl groups is 1. The fourth-order valence-electron chi connectivity index (χ4n) is 3.13. The van der Waals surface area contributed by atoms with Gasteiger partial charge in [-0.25, -0.2) is 0 Å². The Balaban J connectivity index is 2.10. The molecule has 100 valence electrons. The Hall–Kier alpha value is -1.02. The largest absolute Gasteiger partial charge is 0.508 e. The molecular formula is C16H25NO. The first-order valence-electron chi connectivity index (χ1n) is 7.30. The Morgan fingerprint density at radius 2 is 1.94 bits per heavy atom. The third kappa shape index (κ3) is 2.86. The molecule has 18 heavy (non-hydrogen) atoms. The molecular weight excluding hydrogens is 221 g/mol. The first-order chi connectivity index (χ1) is 8.76. The lowest BCUT2D eigenvalue weighted by Gasteiger charge is -2.35. The Bertz CT molecular complexity index is 383. The first kappa shape index (κ1) is 13.4. The summed E-state index contributed by atoms with van der Waals surface area (Å²) in [5.74, 6) is 0.489. The maximum atomic E-state index is 9.87. The summed E-state index contributed by atoms with van der Waals surface area (Å²) in [5.41, 5.74) is 2.53. The van der Waals surface area contributed by atoms with Gasteiger partial charge in [-0.05, 0) is 62.4 Å². The van der Waals surface area contributed by atoms with Crippen LogP contribution in [0.5, 0.6) is 5.75 Å². The zero-order chi connectivity index (χ0) is 13.0. The van der Waals surface area contributed by atoms with Gasteiger partial charge >= 0.3 is 0 Å². The molecule has 0 radical (unpaired) electrons. The van der Waals surface area contributed by atoms with Crippen LogP contribution >= 0.6 is 0 Å². The van der Waals surface area contributed by atoms with Crippen LogP contribution in [-0.2, 0) is 12.8 Å². The number of phenols is 1. The quantitative estimate of drug-likeness (QED) is 0.861. The van der Waals surface area contributed by atoms with Crippen LogP contribution < -0.4 is 0 Å². The van der Waals surface area contributed by atoms with Crippen LogP contribution in [0.4, 0.5) is 0 Å². The van der Waals surface area contributed by atoms with Gasteiger partial charge in [-0.2, -0.15) is 0 Å². The lowest BCUT2D eigenvalue weighted by molar-refractivity contribution is 0.179. The van der Waals surface area contributed by atoms with Gasteiger partial charge in [0.2, 0.25) is 0 Å². The molecule has 2 heteroatoms. The molecule has 1 unspecified atom stereocenters. The molecule has 0 saturated heterocycles. The van der Waals surface area contributed by atoms with E-state index in [-0.39, 0.29) is 0 Å². The molecule has 0 aromatic heterocycles. The summed E-state index contributed by atoms with van der Waals surface area (Å²) in [6.45, 7) is 6.91. The Kier molecular flexibility index (Phi) is 4.65. The molecule has 1 aliphatic rings. The number of benzene rings is 1. The third-order valence-electron chi connectivity index (χ3n) is 3.97. The van der Waals surface area contributed by atoms with Gasteiger partial charge in [-0.15, -0.1) is 0 Å². The van der Waals surface area contributed by atoms with Crippen molar-refractivity contribution in [1.29, 1.82) is 0 Å². The van der Waals surface area contributed by atoms with Gasteiger partial charge in [0.1, 0.15) is 5.75 Å². The predicted molar refractivity (Wildman–Crippen MR) is 76.1 cm³/mol. The van der Waals surface area contributed by atoms with E-state index in [0.717, 1.165) is 12.8 Å². The van der Waals surface area contributed by atoms with Crippen LogP contribution in [0.3, 0.4) is 0 Å². The maximum Gasteiger partial charge on any atom is 0.119 e. The van der Waals surface area contributed by atoms with Crippen molar-refractivity contribution in [3.8, 4) is 5.75 Å². The van der Waals surface area contributed by atoms with E-state index in [1.807, 2.05) is 12.1 Å². The van der Waals surface area contributed by atoms with Gasteiger partial charge < -0.3 is 10.0 Å². The molecule has 0 aliphatic heterocycles. The highest BCUT2D eigenvalue weighted by Crippen LogP contribution is 2.30. The molecule has 1 aliphatic carbocycles.